The molecule has 0 radical (unpaired) electrons. The summed E-state index contributed by atoms with van der Waals surface area (Å²) in [6.07, 6.45) is 2.00. The second-order valence-corrected chi connectivity index (χ2v) is 9.27. The van der Waals surface area contributed by atoms with Gasteiger partial charge >= 0.3 is 0 Å². The molecule has 0 aliphatic rings. The number of hydrogen-bond acceptors (Lipinski definition) is 3. The number of thioether (sulfide) groups is 1. The van der Waals surface area contributed by atoms with Crippen molar-refractivity contribution in [2.45, 2.75) is 37.6 Å². The smallest absolute Gasteiger partial charge is 0.255 e. The molecule has 0 unspecified atom stereocenters. The van der Waals surface area contributed by atoms with E-state index < -0.39 is 0 Å². The van der Waals surface area contributed by atoms with E-state index in [0.29, 0.717) is 17.7 Å². The molecule has 0 aliphatic heterocycles. The molecule has 160 valence electrons. The summed E-state index contributed by atoms with van der Waals surface area (Å²) in [5, 5.41) is 5.85. The summed E-state index contributed by atoms with van der Waals surface area (Å²) in [5.74, 6) is -0.274. The Labute approximate surface area is 188 Å². The molecule has 3 aromatic rings. The molecule has 3 aromatic carbocycles. The summed E-state index contributed by atoms with van der Waals surface area (Å²) in [4.78, 5) is 26.0. The molecule has 2 N–H and O–H groups in total. The highest BCUT2D eigenvalue weighted by atomic mass is 32.2. The van der Waals surface area contributed by atoms with Gasteiger partial charge in [-0.25, -0.2) is 0 Å². The molecule has 0 bridgehead atoms. The number of rotatable bonds is 6. The number of anilines is 1. The van der Waals surface area contributed by atoms with Gasteiger partial charge < -0.3 is 10.6 Å². The SMILES string of the molecule is CSc1cccc(NC(=O)c2ccc(CNC(=O)c3ccc(C(C)(C)C)cc3)cc2)c1. The van der Waals surface area contributed by atoms with Crippen molar-refractivity contribution in [3.63, 3.8) is 0 Å². The molecule has 0 saturated carbocycles. The van der Waals surface area contributed by atoms with Gasteiger partial charge in [-0.15, -0.1) is 11.8 Å². The zero-order valence-corrected chi connectivity index (χ0v) is 19.2. The van der Waals surface area contributed by atoms with Crippen LogP contribution in [-0.2, 0) is 12.0 Å². The molecular formula is C26H28N2O2S. The van der Waals surface area contributed by atoms with Gasteiger partial charge in [-0.2, -0.15) is 0 Å². The van der Waals surface area contributed by atoms with E-state index in [2.05, 4.69) is 31.4 Å². The Balaban J connectivity index is 1.56. The molecule has 0 aromatic heterocycles. The summed E-state index contributed by atoms with van der Waals surface area (Å²) in [5.41, 5.74) is 4.16. The summed E-state index contributed by atoms with van der Waals surface area (Å²) in [6, 6.07) is 22.7. The van der Waals surface area contributed by atoms with Crippen molar-refractivity contribution in [3.8, 4) is 0 Å². The zero-order valence-electron chi connectivity index (χ0n) is 18.4. The highest BCUT2D eigenvalue weighted by Gasteiger charge is 2.14. The molecule has 5 heteroatoms. The Bertz CT molecular complexity index is 1050. The fourth-order valence-electron chi connectivity index (χ4n) is 3.08. The van der Waals surface area contributed by atoms with Gasteiger partial charge in [0, 0.05) is 28.3 Å². The van der Waals surface area contributed by atoms with Gasteiger partial charge in [-0.05, 0) is 65.3 Å². The summed E-state index contributed by atoms with van der Waals surface area (Å²) in [6.45, 7) is 6.84. The molecule has 0 heterocycles. The predicted molar refractivity (Wildman–Crippen MR) is 129 cm³/mol. The van der Waals surface area contributed by atoms with Crippen LogP contribution < -0.4 is 10.6 Å². The van der Waals surface area contributed by atoms with Crippen LogP contribution in [0.1, 0.15) is 52.6 Å². The molecule has 31 heavy (non-hydrogen) atoms. The molecule has 0 aliphatic carbocycles. The highest BCUT2D eigenvalue weighted by molar-refractivity contribution is 7.98. The Morgan fingerprint density at radius 2 is 1.45 bits per heavy atom. The first-order valence-corrected chi connectivity index (χ1v) is 11.4. The van der Waals surface area contributed by atoms with E-state index in [1.54, 1.807) is 23.9 Å². The van der Waals surface area contributed by atoms with Crippen molar-refractivity contribution in [2.24, 2.45) is 0 Å². The monoisotopic (exact) mass is 432 g/mol. The van der Waals surface area contributed by atoms with E-state index in [-0.39, 0.29) is 17.2 Å². The van der Waals surface area contributed by atoms with E-state index in [1.165, 1.54) is 5.56 Å². The van der Waals surface area contributed by atoms with E-state index in [9.17, 15) is 9.59 Å². The fraction of sp³-hybridized carbons (Fsp3) is 0.231. The molecule has 0 spiro atoms. The third kappa shape index (κ3) is 6.22. The Kier molecular flexibility index (Phi) is 7.18. The third-order valence-corrected chi connectivity index (χ3v) is 5.74. The van der Waals surface area contributed by atoms with Gasteiger partial charge in [0.1, 0.15) is 0 Å². The van der Waals surface area contributed by atoms with Crippen molar-refractivity contribution >= 4 is 29.3 Å². The standard InChI is InChI=1S/C26H28N2O2S/c1-26(2,3)21-14-12-19(13-15-21)24(29)27-17-18-8-10-20(11-9-18)25(30)28-22-6-5-7-23(16-22)31-4/h5-16H,17H2,1-4H3,(H,27,29)(H,28,30). The normalized spacial score (nSPS) is 11.1. The average molecular weight is 433 g/mol. The lowest BCUT2D eigenvalue weighted by Crippen LogP contribution is -2.23. The summed E-state index contributed by atoms with van der Waals surface area (Å²) >= 11 is 1.63. The van der Waals surface area contributed by atoms with E-state index in [4.69, 9.17) is 0 Å². The van der Waals surface area contributed by atoms with E-state index in [1.807, 2.05) is 66.9 Å². The molecule has 0 fully saturated rings. The third-order valence-electron chi connectivity index (χ3n) is 5.01. The van der Waals surface area contributed by atoms with Crippen LogP contribution in [0.5, 0.6) is 0 Å². The maximum absolute atomic E-state index is 12.5. The number of nitrogens with one attached hydrogen (secondary N) is 2. The van der Waals surface area contributed by atoms with Crippen molar-refractivity contribution < 1.29 is 9.59 Å². The lowest BCUT2D eigenvalue weighted by Gasteiger charge is -2.19. The van der Waals surface area contributed by atoms with E-state index in [0.717, 1.165) is 16.1 Å². The minimum absolute atomic E-state index is 0.0564. The minimum atomic E-state index is -0.159. The van der Waals surface area contributed by atoms with Crippen LogP contribution in [0.4, 0.5) is 5.69 Å². The first kappa shape index (κ1) is 22.6. The fourth-order valence-corrected chi connectivity index (χ4v) is 3.54. The summed E-state index contributed by atoms with van der Waals surface area (Å²) in [7, 11) is 0. The van der Waals surface area contributed by atoms with Crippen LogP contribution in [-0.4, -0.2) is 18.1 Å². The molecule has 0 atom stereocenters. The Morgan fingerprint density at radius 1 is 0.839 bits per heavy atom. The van der Waals surface area contributed by atoms with Gasteiger partial charge in [0.25, 0.3) is 11.8 Å². The number of hydrogen-bond donors (Lipinski definition) is 2. The number of carbonyl (C=O) groups excluding carboxylic acids is 2. The van der Waals surface area contributed by atoms with Crippen LogP contribution in [0.15, 0.2) is 77.7 Å². The second kappa shape index (κ2) is 9.84. The molecular weight excluding hydrogens is 404 g/mol. The lowest BCUT2D eigenvalue weighted by molar-refractivity contribution is 0.0949. The first-order chi connectivity index (χ1) is 14.8. The van der Waals surface area contributed by atoms with Gasteiger partial charge in [-0.1, -0.05) is 51.1 Å². The number of benzene rings is 3. The molecule has 0 saturated heterocycles. The zero-order chi connectivity index (χ0) is 22.4. The van der Waals surface area contributed by atoms with E-state index >= 15 is 0 Å². The predicted octanol–water partition coefficient (Wildman–Crippen LogP) is 5.89. The van der Waals surface area contributed by atoms with Crippen LogP contribution in [0.2, 0.25) is 0 Å². The first-order valence-electron chi connectivity index (χ1n) is 10.2. The maximum Gasteiger partial charge on any atom is 0.255 e. The Hall–Kier alpha value is -3.05. The quantitative estimate of drug-likeness (QED) is 0.478. The van der Waals surface area contributed by atoms with Crippen molar-refractivity contribution in [1.82, 2.24) is 5.32 Å². The van der Waals surface area contributed by atoms with Crippen LogP contribution in [0.3, 0.4) is 0 Å². The molecule has 3 rings (SSSR count). The number of amides is 2. The van der Waals surface area contributed by atoms with Gasteiger partial charge in [0.05, 0.1) is 0 Å². The second-order valence-electron chi connectivity index (χ2n) is 8.39. The lowest BCUT2D eigenvalue weighted by atomic mass is 9.87. The average Bonchev–Trinajstić information content (AvgIpc) is 2.77. The Morgan fingerprint density at radius 3 is 2.06 bits per heavy atom. The van der Waals surface area contributed by atoms with Gasteiger partial charge in [0.15, 0.2) is 0 Å². The largest absolute Gasteiger partial charge is 0.348 e. The van der Waals surface area contributed by atoms with Crippen molar-refractivity contribution in [2.75, 3.05) is 11.6 Å². The number of carbonyl (C=O) groups is 2. The maximum atomic E-state index is 12.5. The molecule has 4 nitrogen and oxygen atoms in total. The van der Waals surface area contributed by atoms with Crippen LogP contribution in [0.25, 0.3) is 0 Å². The minimum Gasteiger partial charge on any atom is -0.348 e. The van der Waals surface area contributed by atoms with Gasteiger partial charge in [0.2, 0.25) is 0 Å². The molecule has 2 amide bonds. The van der Waals surface area contributed by atoms with Crippen molar-refractivity contribution in [1.29, 1.82) is 0 Å². The summed E-state index contributed by atoms with van der Waals surface area (Å²) < 4.78 is 0. The van der Waals surface area contributed by atoms with Crippen LogP contribution >= 0.6 is 11.8 Å². The van der Waals surface area contributed by atoms with Gasteiger partial charge in [-0.3, -0.25) is 9.59 Å². The highest BCUT2D eigenvalue weighted by Crippen LogP contribution is 2.22. The van der Waals surface area contributed by atoms with Crippen molar-refractivity contribution in [3.05, 3.63) is 95.1 Å². The topological polar surface area (TPSA) is 58.2 Å². The van der Waals surface area contributed by atoms with Crippen LogP contribution in [0, 0.1) is 0 Å².